The zero-order valence-corrected chi connectivity index (χ0v) is 68.1. The molecule has 0 fully saturated rings. The Balaban J connectivity index is 0.000000149. The second-order valence-electron chi connectivity index (χ2n) is 31.4. The summed E-state index contributed by atoms with van der Waals surface area (Å²) < 4.78 is 5.54. The number of hydrogen-bond donors (Lipinski definition) is 3. The SMILES string of the molecule is CCn1nnc2c(C)c(C(CC(=O)O)c3ccc4c(c3)CN(C(=O)c3cc(C)cc(C)c3C)CC4)ccc21.CCn1nnc2c(C)c([C@@H](CC(=O)O)c3ccc4c(c3)CN(C(=O)c3cc(C)cc(C)c3C)CC4)ccc21.CCn1nnc2c(C)c([C@H](CC(=O)O)c3ccc4c(c3)CN(C(=O)c3cc(C)cc(C)c3C)CC4)ccc21. The van der Waals surface area contributed by atoms with Crippen LogP contribution in [-0.2, 0) is 72.9 Å². The highest BCUT2D eigenvalue weighted by molar-refractivity contribution is 5.98. The van der Waals surface area contributed by atoms with Crippen molar-refractivity contribution >= 4 is 68.7 Å². The number of carboxylic acid groups (broad SMARTS) is 3. The van der Waals surface area contributed by atoms with Crippen molar-refractivity contribution in [2.45, 2.75) is 199 Å². The van der Waals surface area contributed by atoms with Crippen LogP contribution in [0.4, 0.5) is 0 Å². The first kappa shape index (κ1) is 80.1. The maximum atomic E-state index is 13.5. The highest BCUT2D eigenvalue weighted by Gasteiger charge is 2.32. The van der Waals surface area contributed by atoms with Crippen LogP contribution in [0.2, 0.25) is 0 Å². The molecule has 3 N–H and O–H groups in total. The zero-order valence-electron chi connectivity index (χ0n) is 68.1. The van der Waals surface area contributed by atoms with Crippen molar-refractivity contribution in [1.82, 2.24) is 59.7 Å². The molecule has 15 rings (SSSR count). The van der Waals surface area contributed by atoms with E-state index in [9.17, 15) is 44.1 Å². The van der Waals surface area contributed by atoms with E-state index in [1.807, 2.05) is 205 Å². The fourth-order valence-corrected chi connectivity index (χ4v) is 17.3. The molecule has 114 heavy (non-hydrogen) atoms. The maximum absolute atomic E-state index is 13.5. The summed E-state index contributed by atoms with van der Waals surface area (Å²) in [5.74, 6) is -3.41. The van der Waals surface area contributed by atoms with Crippen molar-refractivity contribution in [3.8, 4) is 0 Å². The van der Waals surface area contributed by atoms with E-state index in [2.05, 4.69) is 85.5 Å². The van der Waals surface area contributed by atoms with E-state index >= 15 is 0 Å². The Morgan fingerprint density at radius 2 is 0.596 bits per heavy atom. The number of rotatable bonds is 18. The minimum atomic E-state index is -0.855. The Hall–Kier alpha value is -12.0. The molecule has 6 heterocycles. The van der Waals surface area contributed by atoms with Crippen LogP contribution in [0, 0.1) is 83.1 Å². The molecular weight excluding hydrogens is 1430 g/mol. The first-order chi connectivity index (χ1) is 54.5. The van der Waals surface area contributed by atoms with Gasteiger partial charge in [-0.2, -0.15) is 0 Å². The monoisotopic (exact) mass is 1530 g/mol. The molecule has 12 aromatic rings. The van der Waals surface area contributed by atoms with Crippen LogP contribution in [0.5, 0.6) is 0 Å². The van der Waals surface area contributed by atoms with Gasteiger partial charge in [0.2, 0.25) is 0 Å². The molecule has 3 aromatic heterocycles. The summed E-state index contributed by atoms with van der Waals surface area (Å²) in [4.78, 5) is 82.3. The van der Waals surface area contributed by atoms with Crippen molar-refractivity contribution in [1.29, 1.82) is 0 Å². The topological polar surface area (TPSA) is 265 Å². The van der Waals surface area contributed by atoms with E-state index in [1.54, 1.807) is 0 Å². The van der Waals surface area contributed by atoms with Crippen LogP contribution in [-0.4, -0.2) is 130 Å². The van der Waals surface area contributed by atoms with Gasteiger partial charge in [0.05, 0.1) is 35.8 Å². The highest BCUT2D eigenvalue weighted by atomic mass is 16.4. The second-order valence-corrected chi connectivity index (χ2v) is 31.4. The lowest BCUT2D eigenvalue weighted by molar-refractivity contribution is -0.138. The number of aromatic nitrogens is 9. The Morgan fingerprint density at radius 3 is 0.842 bits per heavy atom. The zero-order chi connectivity index (χ0) is 81.4. The molecule has 1 unspecified atom stereocenters. The molecule has 21 heteroatoms. The third kappa shape index (κ3) is 16.2. The summed E-state index contributed by atoms with van der Waals surface area (Å²) in [6.07, 6.45) is 2.24. The lowest BCUT2D eigenvalue weighted by Gasteiger charge is -2.31. The highest BCUT2D eigenvalue weighted by Crippen LogP contribution is 2.40. The number of carbonyl (C=O) groups excluding carboxylic acids is 3. The normalized spacial score (nSPS) is 14.0. The van der Waals surface area contributed by atoms with Crippen LogP contribution >= 0.6 is 0 Å². The minimum absolute atomic E-state index is 0.0303. The van der Waals surface area contributed by atoms with Gasteiger partial charge in [-0.05, 0) is 276 Å². The van der Waals surface area contributed by atoms with Crippen molar-refractivity contribution in [3.63, 3.8) is 0 Å². The molecule has 3 aliphatic heterocycles. The van der Waals surface area contributed by atoms with Gasteiger partial charge in [0.25, 0.3) is 17.7 Å². The molecule has 588 valence electrons. The smallest absolute Gasteiger partial charge is 0.304 e. The van der Waals surface area contributed by atoms with Gasteiger partial charge in [-0.3, -0.25) is 28.8 Å². The minimum Gasteiger partial charge on any atom is -0.481 e. The van der Waals surface area contributed by atoms with E-state index in [-0.39, 0.29) is 54.7 Å². The van der Waals surface area contributed by atoms with Crippen molar-refractivity contribution < 1.29 is 44.1 Å². The van der Waals surface area contributed by atoms with Gasteiger partial charge in [0.15, 0.2) is 0 Å². The predicted molar refractivity (Wildman–Crippen MR) is 443 cm³/mol. The molecule has 3 atom stereocenters. The molecule has 3 aliphatic rings. The summed E-state index contributed by atoms with van der Waals surface area (Å²) >= 11 is 0. The summed E-state index contributed by atoms with van der Waals surface area (Å²) in [7, 11) is 0. The number of carboxylic acids is 3. The van der Waals surface area contributed by atoms with Gasteiger partial charge in [0.1, 0.15) is 16.6 Å². The number of hydrogen-bond acceptors (Lipinski definition) is 12. The number of carbonyl (C=O) groups is 6. The van der Waals surface area contributed by atoms with Gasteiger partial charge >= 0.3 is 17.9 Å². The fraction of sp³-hybridized carbons (Fsp3) is 0.355. The Bertz CT molecular complexity index is 5270. The maximum Gasteiger partial charge on any atom is 0.304 e. The lowest BCUT2D eigenvalue weighted by atomic mass is 9.83. The summed E-state index contributed by atoms with van der Waals surface area (Å²) in [5, 5.41) is 55.3. The van der Waals surface area contributed by atoms with E-state index in [0.717, 1.165) is 206 Å². The van der Waals surface area contributed by atoms with Crippen LogP contribution in [0.1, 0.15) is 222 Å². The summed E-state index contributed by atoms with van der Waals surface area (Å²) in [5.41, 5.74) is 32.6. The van der Waals surface area contributed by atoms with E-state index in [1.165, 1.54) is 16.7 Å². The van der Waals surface area contributed by atoms with Crippen LogP contribution < -0.4 is 0 Å². The Kier molecular flexibility index (Phi) is 23.4. The van der Waals surface area contributed by atoms with Gasteiger partial charge in [-0.1, -0.05) is 123 Å². The Morgan fingerprint density at radius 1 is 0.333 bits per heavy atom. The van der Waals surface area contributed by atoms with Gasteiger partial charge < -0.3 is 30.0 Å². The van der Waals surface area contributed by atoms with Crippen LogP contribution in [0.25, 0.3) is 33.1 Å². The summed E-state index contributed by atoms with van der Waals surface area (Å²) in [6, 6.07) is 43.0. The molecule has 3 amide bonds. The molecule has 0 radical (unpaired) electrons. The number of amides is 3. The number of aliphatic carboxylic acids is 3. The molecular formula is C93H102N12O9. The standard InChI is InChI=1S/3C31H34N4O3/c3*1-6-35-28-10-9-25(21(5)30(28)32-33-35)27(16-29(36)37)23-8-7-22-11-12-34(17-24(22)15-23)31(38)26-14-18(2)13-19(3)20(26)4/h3*7-10,13-15,27H,6,11-12,16-17H2,1-5H3,(H,36,37)/t2*27-;/m10./s1. The molecule has 21 nitrogen and oxygen atoms in total. The van der Waals surface area contributed by atoms with Gasteiger partial charge in [-0.25, -0.2) is 14.0 Å². The second kappa shape index (κ2) is 33.4. The molecule has 0 saturated heterocycles. The molecule has 9 aromatic carbocycles. The number of fused-ring (bicyclic) bond motifs is 6. The van der Waals surface area contributed by atoms with E-state index in [4.69, 9.17) is 0 Å². The van der Waals surface area contributed by atoms with Crippen molar-refractivity contribution in [3.05, 3.63) is 278 Å². The van der Waals surface area contributed by atoms with E-state index in [0.29, 0.717) is 39.3 Å². The van der Waals surface area contributed by atoms with Crippen molar-refractivity contribution in [2.24, 2.45) is 0 Å². The molecule has 0 bridgehead atoms. The first-order valence-corrected chi connectivity index (χ1v) is 39.6. The largest absolute Gasteiger partial charge is 0.481 e. The van der Waals surface area contributed by atoms with Crippen molar-refractivity contribution in [2.75, 3.05) is 19.6 Å². The number of benzene rings is 9. The average Bonchev–Trinajstić information content (AvgIpc) is 1.28. The summed E-state index contributed by atoms with van der Waals surface area (Å²) in [6.45, 7) is 35.9. The quantitative estimate of drug-likeness (QED) is 0.0721. The fourth-order valence-electron chi connectivity index (χ4n) is 17.3. The third-order valence-electron chi connectivity index (χ3n) is 24.0. The van der Waals surface area contributed by atoms with E-state index < -0.39 is 17.9 Å². The Labute approximate surface area is 665 Å². The first-order valence-electron chi connectivity index (χ1n) is 39.6. The average molecular weight is 1530 g/mol. The van der Waals surface area contributed by atoms with Gasteiger partial charge in [0, 0.05) is 93.3 Å². The van der Waals surface area contributed by atoms with Gasteiger partial charge in [-0.15, -0.1) is 15.3 Å². The predicted octanol–water partition coefficient (Wildman–Crippen LogP) is 16.5. The lowest BCUT2D eigenvalue weighted by Crippen LogP contribution is -2.36. The van der Waals surface area contributed by atoms with Crippen LogP contribution in [0.3, 0.4) is 0 Å². The molecule has 0 saturated carbocycles. The van der Waals surface area contributed by atoms with Crippen LogP contribution in [0.15, 0.2) is 127 Å². The number of aryl methyl sites for hydroxylation is 12. The third-order valence-corrected chi connectivity index (χ3v) is 24.0. The molecule has 0 spiro atoms. The molecule has 0 aliphatic carbocycles. The number of nitrogens with zero attached hydrogens (tertiary/aromatic N) is 12.